The third-order valence-corrected chi connectivity index (χ3v) is 3.65. The van der Waals surface area contributed by atoms with Crippen molar-refractivity contribution < 1.29 is 14.7 Å². The topological polar surface area (TPSA) is 58.9 Å². The van der Waals surface area contributed by atoms with Crippen LogP contribution in [0.5, 0.6) is 0 Å². The first-order valence-corrected chi connectivity index (χ1v) is 7.09. The Kier molecular flexibility index (Phi) is 5.17. The van der Waals surface area contributed by atoms with E-state index in [1.54, 1.807) is 6.92 Å². The van der Waals surface area contributed by atoms with Crippen LogP contribution in [0.3, 0.4) is 0 Å². The normalized spacial score (nSPS) is 11.6. The van der Waals surface area contributed by atoms with E-state index in [2.05, 4.69) is 5.16 Å². The van der Waals surface area contributed by atoms with E-state index >= 15 is 0 Å². The number of esters is 1. The average Bonchev–Trinajstić information content (AvgIpc) is 2.50. The van der Waals surface area contributed by atoms with Gasteiger partial charge in [-0.15, -0.1) is 0 Å². The number of carbonyl (C=O) groups is 1. The Labute approximate surface area is 128 Å². The molecule has 0 aliphatic heterocycles. The molecule has 0 fully saturated rings. The zero-order valence-electron chi connectivity index (χ0n) is 11.7. The Morgan fingerprint density at radius 1 is 1.29 bits per heavy atom. The minimum atomic E-state index is -0.600. The van der Waals surface area contributed by atoms with Gasteiger partial charge in [0.05, 0.1) is 11.6 Å². The van der Waals surface area contributed by atoms with Crippen LogP contribution in [-0.2, 0) is 16.0 Å². The van der Waals surface area contributed by atoms with E-state index in [9.17, 15) is 4.79 Å². The highest BCUT2D eigenvalue weighted by Crippen LogP contribution is 2.28. The molecule has 2 aromatic carbocycles. The van der Waals surface area contributed by atoms with E-state index in [-0.39, 0.29) is 18.7 Å². The standard InChI is InChI=1S/C16H16ClNO3/c1-2-21-16(19)14(18-20)10-9-12-8-7-11-5-3-4-6-13(11)15(12)17/h3-8,20H,2,9-10H2,1H3/b18-14+. The summed E-state index contributed by atoms with van der Waals surface area (Å²) in [4.78, 5) is 11.5. The number of fused-ring (bicyclic) bond motifs is 1. The lowest BCUT2D eigenvalue weighted by Gasteiger charge is -2.08. The third-order valence-electron chi connectivity index (χ3n) is 3.21. The Bertz CT molecular complexity index is 682. The molecule has 0 bridgehead atoms. The second kappa shape index (κ2) is 7.09. The van der Waals surface area contributed by atoms with Gasteiger partial charge < -0.3 is 9.94 Å². The summed E-state index contributed by atoms with van der Waals surface area (Å²) in [5, 5.41) is 14.6. The van der Waals surface area contributed by atoms with E-state index in [0.717, 1.165) is 16.3 Å². The zero-order chi connectivity index (χ0) is 15.2. The highest BCUT2D eigenvalue weighted by molar-refractivity contribution is 6.37. The molecule has 0 radical (unpaired) electrons. The third kappa shape index (κ3) is 3.52. The lowest BCUT2D eigenvalue weighted by atomic mass is 10.0. The van der Waals surface area contributed by atoms with Crippen LogP contribution >= 0.6 is 11.6 Å². The van der Waals surface area contributed by atoms with E-state index in [1.165, 1.54) is 0 Å². The molecule has 21 heavy (non-hydrogen) atoms. The van der Waals surface area contributed by atoms with Crippen molar-refractivity contribution in [1.82, 2.24) is 0 Å². The molecule has 0 amide bonds. The largest absolute Gasteiger partial charge is 0.461 e. The molecule has 0 aliphatic rings. The summed E-state index contributed by atoms with van der Waals surface area (Å²) in [7, 11) is 0. The number of oxime groups is 1. The summed E-state index contributed by atoms with van der Waals surface area (Å²) in [6.45, 7) is 1.95. The van der Waals surface area contributed by atoms with Gasteiger partial charge in [-0.2, -0.15) is 0 Å². The molecule has 0 atom stereocenters. The highest BCUT2D eigenvalue weighted by atomic mass is 35.5. The first-order valence-electron chi connectivity index (χ1n) is 6.71. The van der Waals surface area contributed by atoms with Gasteiger partial charge >= 0.3 is 5.97 Å². The number of carbonyl (C=O) groups excluding carboxylic acids is 1. The molecular formula is C16H16ClNO3. The van der Waals surface area contributed by atoms with Crippen LogP contribution in [0.4, 0.5) is 0 Å². The van der Waals surface area contributed by atoms with Gasteiger partial charge in [0, 0.05) is 11.8 Å². The van der Waals surface area contributed by atoms with Crippen LogP contribution in [-0.4, -0.2) is 23.5 Å². The number of rotatable bonds is 5. The first kappa shape index (κ1) is 15.3. The fourth-order valence-corrected chi connectivity index (χ4v) is 2.46. The monoisotopic (exact) mass is 305 g/mol. The summed E-state index contributed by atoms with van der Waals surface area (Å²) in [5.41, 5.74) is 0.905. The smallest absolute Gasteiger partial charge is 0.356 e. The fourth-order valence-electron chi connectivity index (χ4n) is 2.13. The van der Waals surface area contributed by atoms with E-state index in [0.29, 0.717) is 11.4 Å². The van der Waals surface area contributed by atoms with Gasteiger partial charge in [-0.3, -0.25) is 0 Å². The van der Waals surface area contributed by atoms with Gasteiger partial charge in [0.15, 0.2) is 5.71 Å². The van der Waals surface area contributed by atoms with Gasteiger partial charge in [0.2, 0.25) is 0 Å². The molecule has 5 heteroatoms. The van der Waals surface area contributed by atoms with Gasteiger partial charge in [-0.1, -0.05) is 53.2 Å². The molecule has 0 spiro atoms. The summed E-state index contributed by atoms with van der Waals surface area (Å²) < 4.78 is 4.82. The molecule has 0 aliphatic carbocycles. The van der Waals surface area contributed by atoms with Gasteiger partial charge in [0.25, 0.3) is 0 Å². The van der Waals surface area contributed by atoms with E-state index in [4.69, 9.17) is 21.5 Å². The predicted octanol–water partition coefficient (Wildman–Crippen LogP) is 3.82. The summed E-state index contributed by atoms with van der Waals surface area (Å²) in [5.74, 6) is -0.600. The molecule has 0 aromatic heterocycles. The number of nitrogens with zero attached hydrogens (tertiary/aromatic N) is 1. The minimum Gasteiger partial charge on any atom is -0.461 e. The molecule has 4 nitrogen and oxygen atoms in total. The summed E-state index contributed by atoms with van der Waals surface area (Å²) >= 11 is 6.39. The maximum atomic E-state index is 11.5. The Hall–Kier alpha value is -2.07. The number of halogens is 1. The molecule has 110 valence electrons. The zero-order valence-corrected chi connectivity index (χ0v) is 12.4. The van der Waals surface area contributed by atoms with Crippen molar-refractivity contribution in [1.29, 1.82) is 0 Å². The maximum absolute atomic E-state index is 11.5. The Morgan fingerprint density at radius 2 is 2.05 bits per heavy atom. The number of aryl methyl sites for hydroxylation is 1. The molecule has 2 aromatic rings. The first-order chi connectivity index (χ1) is 10.2. The lowest BCUT2D eigenvalue weighted by molar-refractivity contribution is -0.135. The second-order valence-corrected chi connectivity index (χ2v) is 4.90. The quantitative estimate of drug-likeness (QED) is 0.395. The van der Waals surface area contributed by atoms with Gasteiger partial charge in [-0.25, -0.2) is 4.79 Å². The predicted molar refractivity (Wildman–Crippen MR) is 83.1 cm³/mol. The van der Waals surface area contributed by atoms with Crippen molar-refractivity contribution in [3.63, 3.8) is 0 Å². The highest BCUT2D eigenvalue weighted by Gasteiger charge is 2.14. The van der Waals surface area contributed by atoms with Crippen LogP contribution in [0.1, 0.15) is 18.9 Å². The fraction of sp³-hybridized carbons (Fsp3) is 0.250. The van der Waals surface area contributed by atoms with Crippen LogP contribution in [0.15, 0.2) is 41.6 Å². The van der Waals surface area contributed by atoms with Crippen LogP contribution in [0, 0.1) is 0 Å². The molecule has 2 rings (SSSR count). The van der Waals surface area contributed by atoms with Crippen molar-refractivity contribution in [2.45, 2.75) is 19.8 Å². The maximum Gasteiger partial charge on any atom is 0.356 e. The Balaban J connectivity index is 2.17. The Morgan fingerprint density at radius 3 is 2.76 bits per heavy atom. The molecule has 0 heterocycles. The molecule has 0 saturated carbocycles. The molecule has 0 unspecified atom stereocenters. The second-order valence-electron chi connectivity index (χ2n) is 4.53. The van der Waals surface area contributed by atoms with Crippen LogP contribution in [0.2, 0.25) is 5.02 Å². The molecule has 1 N–H and O–H groups in total. The van der Waals surface area contributed by atoms with Gasteiger partial charge in [0.1, 0.15) is 0 Å². The van der Waals surface area contributed by atoms with Crippen molar-refractivity contribution in [2.75, 3.05) is 6.61 Å². The molecule has 0 saturated heterocycles. The minimum absolute atomic E-state index is 0.000996. The van der Waals surface area contributed by atoms with Crippen molar-refractivity contribution in [3.05, 3.63) is 47.0 Å². The van der Waals surface area contributed by atoms with Crippen LogP contribution < -0.4 is 0 Å². The van der Waals surface area contributed by atoms with Crippen molar-refractivity contribution >= 4 is 34.1 Å². The number of hydrogen-bond acceptors (Lipinski definition) is 4. The van der Waals surface area contributed by atoms with Crippen molar-refractivity contribution in [2.24, 2.45) is 5.16 Å². The van der Waals surface area contributed by atoms with E-state index < -0.39 is 5.97 Å². The average molecular weight is 306 g/mol. The summed E-state index contributed by atoms with van der Waals surface area (Å²) in [6.07, 6.45) is 0.773. The van der Waals surface area contributed by atoms with E-state index in [1.807, 2.05) is 36.4 Å². The van der Waals surface area contributed by atoms with Crippen molar-refractivity contribution in [3.8, 4) is 0 Å². The number of benzene rings is 2. The number of ether oxygens (including phenoxy) is 1. The van der Waals surface area contributed by atoms with Crippen LogP contribution in [0.25, 0.3) is 10.8 Å². The SMILES string of the molecule is CCOC(=O)/C(CCc1ccc2ccccc2c1Cl)=N/O. The number of hydrogen-bond donors (Lipinski definition) is 1. The lowest BCUT2D eigenvalue weighted by Crippen LogP contribution is -2.18. The summed E-state index contributed by atoms with van der Waals surface area (Å²) in [6, 6.07) is 11.7. The molecular weight excluding hydrogens is 290 g/mol. The van der Waals surface area contributed by atoms with Gasteiger partial charge in [-0.05, 0) is 24.3 Å².